The smallest absolute Gasteiger partial charge is 0.410 e. The highest BCUT2D eigenvalue weighted by Gasteiger charge is 2.41. The van der Waals surface area contributed by atoms with Crippen molar-refractivity contribution in [1.82, 2.24) is 19.8 Å². The van der Waals surface area contributed by atoms with Crippen molar-refractivity contribution in [1.29, 1.82) is 0 Å². The van der Waals surface area contributed by atoms with Gasteiger partial charge in [0.2, 0.25) is 5.91 Å². The zero-order valence-corrected chi connectivity index (χ0v) is 19.5. The summed E-state index contributed by atoms with van der Waals surface area (Å²) in [7, 11) is 0. The molecule has 0 spiro atoms. The molecule has 4 heterocycles. The summed E-state index contributed by atoms with van der Waals surface area (Å²) in [5.41, 5.74) is 0.883. The molecule has 166 valence electrons. The van der Waals surface area contributed by atoms with Gasteiger partial charge >= 0.3 is 6.09 Å². The maximum absolute atomic E-state index is 12.7. The number of amides is 2. The Kier molecular flexibility index (Phi) is 7.12. The molecule has 0 aromatic carbocycles. The molecule has 4 rings (SSSR count). The summed E-state index contributed by atoms with van der Waals surface area (Å²) in [5, 5.41) is 2.63. The molecule has 2 saturated heterocycles. The van der Waals surface area contributed by atoms with Crippen LogP contribution in [-0.4, -0.2) is 69.3 Å². The van der Waals surface area contributed by atoms with Crippen molar-refractivity contribution in [3.8, 4) is 10.6 Å². The second-order valence-electron chi connectivity index (χ2n) is 8.04. The average molecular weight is 461 g/mol. The number of hydrogen-bond donors (Lipinski definition) is 0. The highest BCUT2D eigenvalue weighted by molar-refractivity contribution is 7.99. The number of ether oxygens (including phenoxy) is 1. The Balaban J connectivity index is 1.29. The fourth-order valence-electron chi connectivity index (χ4n) is 4.16. The van der Waals surface area contributed by atoms with E-state index in [-0.39, 0.29) is 24.1 Å². The van der Waals surface area contributed by atoms with Crippen LogP contribution in [0.5, 0.6) is 0 Å². The molecule has 0 N–H and O–H groups in total. The van der Waals surface area contributed by atoms with Gasteiger partial charge in [-0.15, -0.1) is 11.3 Å². The van der Waals surface area contributed by atoms with Gasteiger partial charge in [0, 0.05) is 25.3 Å². The first-order chi connectivity index (χ1) is 15.1. The van der Waals surface area contributed by atoms with Gasteiger partial charge in [0.25, 0.3) is 0 Å². The molecule has 2 aromatic heterocycles. The number of aromatic nitrogens is 2. The number of likely N-dealkylation sites (tertiary alicyclic amines) is 1. The van der Waals surface area contributed by atoms with Crippen LogP contribution in [0, 0.1) is 5.92 Å². The van der Waals surface area contributed by atoms with Crippen LogP contribution in [0.15, 0.2) is 34.9 Å². The van der Waals surface area contributed by atoms with Gasteiger partial charge < -0.3 is 9.64 Å². The number of carbonyl (C=O) groups excluding carboxylic acids is 2. The third kappa shape index (κ3) is 5.03. The predicted molar refractivity (Wildman–Crippen MR) is 122 cm³/mol. The summed E-state index contributed by atoms with van der Waals surface area (Å²) in [6.45, 7) is 6.12. The quantitative estimate of drug-likeness (QED) is 0.456. The minimum atomic E-state index is -0.201. The van der Waals surface area contributed by atoms with Crippen molar-refractivity contribution in [2.75, 3.05) is 25.4 Å². The number of piperidine rings is 1. The van der Waals surface area contributed by atoms with Crippen molar-refractivity contribution >= 4 is 35.1 Å². The minimum absolute atomic E-state index is 0.0936. The van der Waals surface area contributed by atoms with Crippen molar-refractivity contribution in [3.63, 3.8) is 0 Å². The Bertz CT molecular complexity index is 900. The van der Waals surface area contributed by atoms with Crippen LogP contribution in [0.4, 0.5) is 4.79 Å². The van der Waals surface area contributed by atoms with Gasteiger partial charge in [-0.25, -0.2) is 14.8 Å². The Morgan fingerprint density at radius 1 is 1.35 bits per heavy atom. The Labute approximate surface area is 191 Å². The fraction of sp³-hybridized carbons (Fsp3) is 0.545. The topological polar surface area (TPSA) is 75.6 Å². The van der Waals surface area contributed by atoms with Gasteiger partial charge in [-0.1, -0.05) is 38.1 Å². The lowest BCUT2D eigenvalue weighted by Gasteiger charge is -2.39. The predicted octanol–water partition coefficient (Wildman–Crippen LogP) is 4.16. The van der Waals surface area contributed by atoms with Gasteiger partial charge in [-0.05, 0) is 36.3 Å². The lowest BCUT2D eigenvalue weighted by molar-refractivity contribution is -0.129. The van der Waals surface area contributed by atoms with E-state index in [4.69, 9.17) is 4.74 Å². The standard InChI is InChI=1S/C22H28N4O3S2/c1-3-15(2)18-13-29-22(28)26(18)16-7-10-25(11-8-16)20(27)14-31-21-23-9-6-17(24-21)19-5-4-12-30-19/h4-6,9,12,15-16,18H,3,7-8,10-11,13-14H2,1-2H3. The van der Waals surface area contributed by atoms with E-state index in [0.717, 1.165) is 29.8 Å². The average Bonchev–Trinajstić information content (AvgIpc) is 3.47. The summed E-state index contributed by atoms with van der Waals surface area (Å²) < 4.78 is 5.34. The fourth-order valence-corrected chi connectivity index (χ4v) is 5.59. The van der Waals surface area contributed by atoms with Gasteiger partial charge in [0.15, 0.2) is 5.16 Å². The zero-order valence-electron chi connectivity index (χ0n) is 17.9. The van der Waals surface area contributed by atoms with E-state index in [2.05, 4.69) is 23.8 Å². The number of cyclic esters (lactones) is 1. The summed E-state index contributed by atoms with van der Waals surface area (Å²) in [6.07, 6.45) is 4.14. The van der Waals surface area contributed by atoms with Crippen molar-refractivity contribution < 1.29 is 14.3 Å². The molecular formula is C22H28N4O3S2. The van der Waals surface area contributed by atoms with Gasteiger partial charge in [-0.2, -0.15) is 0 Å². The summed E-state index contributed by atoms with van der Waals surface area (Å²) in [4.78, 5) is 38.8. The molecule has 2 atom stereocenters. The number of rotatable bonds is 7. The Morgan fingerprint density at radius 3 is 2.87 bits per heavy atom. The highest BCUT2D eigenvalue weighted by atomic mass is 32.2. The third-order valence-electron chi connectivity index (χ3n) is 6.19. The van der Waals surface area contributed by atoms with Crippen LogP contribution in [-0.2, 0) is 9.53 Å². The second kappa shape index (κ2) is 9.99. The first-order valence-corrected chi connectivity index (χ1v) is 12.7. The van der Waals surface area contributed by atoms with E-state index < -0.39 is 0 Å². The molecule has 2 aliphatic heterocycles. The van der Waals surface area contributed by atoms with Crippen molar-refractivity contribution in [2.45, 2.75) is 50.4 Å². The summed E-state index contributed by atoms with van der Waals surface area (Å²) in [5.74, 6) is 0.823. The molecule has 2 amide bonds. The molecule has 7 nitrogen and oxygen atoms in total. The summed E-state index contributed by atoms with van der Waals surface area (Å²) >= 11 is 3.01. The SMILES string of the molecule is CCC(C)C1COC(=O)N1C1CCN(C(=O)CSc2nccc(-c3cccs3)n2)CC1. The first kappa shape index (κ1) is 22.1. The van der Waals surface area contributed by atoms with E-state index in [1.807, 2.05) is 33.4 Å². The Morgan fingerprint density at radius 2 is 2.16 bits per heavy atom. The van der Waals surface area contributed by atoms with Crippen LogP contribution < -0.4 is 0 Å². The molecule has 2 aliphatic rings. The van der Waals surface area contributed by atoms with Crippen LogP contribution in [0.25, 0.3) is 10.6 Å². The molecule has 0 aliphatic carbocycles. The van der Waals surface area contributed by atoms with E-state index in [9.17, 15) is 9.59 Å². The lowest BCUT2D eigenvalue weighted by Crippen LogP contribution is -2.51. The molecule has 2 aromatic rings. The largest absolute Gasteiger partial charge is 0.447 e. The molecule has 2 unspecified atom stereocenters. The van der Waals surface area contributed by atoms with Crippen LogP contribution in [0.1, 0.15) is 33.1 Å². The molecule has 0 radical (unpaired) electrons. The monoisotopic (exact) mass is 460 g/mol. The number of nitrogens with zero attached hydrogens (tertiary/aromatic N) is 4. The van der Waals surface area contributed by atoms with Gasteiger partial charge in [-0.3, -0.25) is 9.69 Å². The number of hydrogen-bond acceptors (Lipinski definition) is 7. The van der Waals surface area contributed by atoms with E-state index in [0.29, 0.717) is 36.5 Å². The third-order valence-corrected chi connectivity index (χ3v) is 7.93. The first-order valence-electron chi connectivity index (χ1n) is 10.8. The van der Waals surface area contributed by atoms with Crippen molar-refractivity contribution in [2.24, 2.45) is 5.92 Å². The summed E-state index contributed by atoms with van der Waals surface area (Å²) in [6, 6.07) is 6.20. The second-order valence-corrected chi connectivity index (χ2v) is 9.93. The number of thiophene rings is 1. The van der Waals surface area contributed by atoms with E-state index >= 15 is 0 Å². The minimum Gasteiger partial charge on any atom is -0.447 e. The van der Waals surface area contributed by atoms with E-state index in [1.54, 1.807) is 17.5 Å². The molecule has 2 fully saturated rings. The van der Waals surface area contributed by atoms with Gasteiger partial charge in [0.05, 0.1) is 22.4 Å². The van der Waals surface area contributed by atoms with Crippen LogP contribution in [0.2, 0.25) is 0 Å². The molecule has 31 heavy (non-hydrogen) atoms. The number of carbonyl (C=O) groups is 2. The Hall–Kier alpha value is -2.13. The zero-order chi connectivity index (χ0) is 21.8. The molecule has 9 heteroatoms. The van der Waals surface area contributed by atoms with Crippen LogP contribution >= 0.6 is 23.1 Å². The van der Waals surface area contributed by atoms with E-state index in [1.165, 1.54) is 11.8 Å². The normalized spacial score (nSPS) is 20.7. The maximum Gasteiger partial charge on any atom is 0.410 e. The van der Waals surface area contributed by atoms with Gasteiger partial charge in [0.1, 0.15) is 6.61 Å². The molecular weight excluding hydrogens is 432 g/mol. The molecule has 0 saturated carbocycles. The number of thioether (sulfide) groups is 1. The lowest BCUT2D eigenvalue weighted by atomic mass is 9.95. The van der Waals surface area contributed by atoms with Crippen LogP contribution in [0.3, 0.4) is 0 Å². The highest BCUT2D eigenvalue weighted by Crippen LogP contribution is 2.29. The maximum atomic E-state index is 12.7. The van der Waals surface area contributed by atoms with Crippen molar-refractivity contribution in [3.05, 3.63) is 29.8 Å². The molecule has 0 bridgehead atoms.